The molecular formula is C21H22F4N2O2. The number of hydrogen-bond donors (Lipinski definition) is 1. The Labute approximate surface area is 165 Å². The van der Waals surface area contributed by atoms with E-state index in [-0.39, 0.29) is 11.3 Å². The molecule has 3 aromatic rings. The highest BCUT2D eigenvalue weighted by molar-refractivity contribution is 5.74. The van der Waals surface area contributed by atoms with Gasteiger partial charge in [-0.1, -0.05) is 26.0 Å². The number of halogens is 4. The molecule has 1 N–H and O–H groups in total. The van der Waals surface area contributed by atoms with Gasteiger partial charge in [-0.2, -0.15) is 13.2 Å². The summed E-state index contributed by atoms with van der Waals surface area (Å²) in [4.78, 5) is 4.09. The second-order valence-corrected chi connectivity index (χ2v) is 7.80. The Morgan fingerprint density at radius 2 is 1.79 bits per heavy atom. The van der Waals surface area contributed by atoms with E-state index >= 15 is 0 Å². The molecule has 8 heteroatoms. The number of ether oxygens (including phenoxy) is 1. The summed E-state index contributed by atoms with van der Waals surface area (Å²) in [7, 11) is 1.36. The molecule has 2 aromatic carbocycles. The van der Waals surface area contributed by atoms with Crippen molar-refractivity contribution in [1.29, 1.82) is 0 Å². The molecule has 0 aliphatic carbocycles. The third-order valence-corrected chi connectivity index (χ3v) is 5.11. The van der Waals surface area contributed by atoms with Crippen molar-refractivity contribution in [2.24, 2.45) is 0 Å². The first kappa shape index (κ1) is 21.1. The van der Waals surface area contributed by atoms with Crippen molar-refractivity contribution in [2.75, 3.05) is 7.11 Å². The standard InChI is InChI=1S/C21H22F4N2O2/c1-19(2,15-10-14(22)8-9-18(15)29-3)11-20(28,21(23,24)25)12-27-13-26-16-6-4-5-7-17(16)27/h4-10,13,28H,11-12H2,1-3H3. The molecule has 0 bridgehead atoms. The number of aromatic nitrogens is 2. The number of para-hydroxylation sites is 2. The van der Waals surface area contributed by atoms with Gasteiger partial charge in [0.25, 0.3) is 0 Å². The van der Waals surface area contributed by atoms with Gasteiger partial charge in [0.2, 0.25) is 0 Å². The average Bonchev–Trinajstić information content (AvgIpc) is 3.03. The summed E-state index contributed by atoms with van der Waals surface area (Å²) in [6.45, 7) is 2.30. The molecule has 0 amide bonds. The van der Waals surface area contributed by atoms with Gasteiger partial charge < -0.3 is 14.4 Å². The van der Waals surface area contributed by atoms with Crippen LogP contribution >= 0.6 is 0 Å². The van der Waals surface area contributed by atoms with Gasteiger partial charge in [-0.25, -0.2) is 9.37 Å². The Morgan fingerprint density at radius 3 is 2.45 bits per heavy atom. The number of methoxy groups -OCH3 is 1. The van der Waals surface area contributed by atoms with Gasteiger partial charge in [-0.15, -0.1) is 0 Å². The van der Waals surface area contributed by atoms with Crippen LogP contribution in [-0.4, -0.2) is 33.5 Å². The van der Waals surface area contributed by atoms with Crippen LogP contribution in [0.4, 0.5) is 17.6 Å². The van der Waals surface area contributed by atoms with E-state index < -0.39 is 36.0 Å². The molecule has 0 radical (unpaired) electrons. The van der Waals surface area contributed by atoms with Crippen molar-refractivity contribution >= 4 is 11.0 Å². The lowest BCUT2D eigenvalue weighted by atomic mass is 9.74. The van der Waals surface area contributed by atoms with Gasteiger partial charge in [0.1, 0.15) is 11.6 Å². The van der Waals surface area contributed by atoms with Gasteiger partial charge in [0.15, 0.2) is 5.60 Å². The van der Waals surface area contributed by atoms with Gasteiger partial charge in [0, 0.05) is 5.56 Å². The molecule has 0 spiro atoms. The maximum absolute atomic E-state index is 14.0. The van der Waals surface area contributed by atoms with Gasteiger partial charge in [-0.3, -0.25) is 0 Å². The predicted octanol–water partition coefficient (Wildman–Crippen LogP) is 4.85. The quantitative estimate of drug-likeness (QED) is 0.592. The maximum atomic E-state index is 14.0. The minimum absolute atomic E-state index is 0.248. The van der Waals surface area contributed by atoms with Crippen molar-refractivity contribution in [2.45, 2.75) is 44.0 Å². The van der Waals surface area contributed by atoms with Crippen LogP contribution in [-0.2, 0) is 12.0 Å². The first-order valence-electron chi connectivity index (χ1n) is 9.00. The van der Waals surface area contributed by atoms with Crippen LogP contribution in [0.5, 0.6) is 5.75 Å². The molecule has 4 nitrogen and oxygen atoms in total. The van der Waals surface area contributed by atoms with Crippen LogP contribution in [0.1, 0.15) is 25.8 Å². The van der Waals surface area contributed by atoms with Gasteiger partial charge >= 0.3 is 6.18 Å². The number of nitrogens with zero attached hydrogens (tertiary/aromatic N) is 2. The zero-order valence-electron chi connectivity index (χ0n) is 16.3. The highest BCUT2D eigenvalue weighted by Gasteiger charge is 2.56. The topological polar surface area (TPSA) is 47.3 Å². The van der Waals surface area contributed by atoms with Crippen LogP contribution in [0.25, 0.3) is 11.0 Å². The normalized spacial score (nSPS) is 14.8. The Hall–Kier alpha value is -2.61. The van der Waals surface area contributed by atoms with Crippen molar-refractivity contribution in [3.05, 3.63) is 60.2 Å². The lowest BCUT2D eigenvalue weighted by Gasteiger charge is -2.38. The number of alkyl halides is 3. The van der Waals surface area contributed by atoms with E-state index in [4.69, 9.17) is 4.74 Å². The zero-order chi connectivity index (χ0) is 21.4. The van der Waals surface area contributed by atoms with Crippen molar-refractivity contribution in [3.8, 4) is 5.75 Å². The monoisotopic (exact) mass is 410 g/mol. The fourth-order valence-corrected chi connectivity index (χ4v) is 3.70. The third-order valence-electron chi connectivity index (χ3n) is 5.11. The maximum Gasteiger partial charge on any atom is 0.418 e. The number of hydrogen-bond acceptors (Lipinski definition) is 3. The summed E-state index contributed by atoms with van der Waals surface area (Å²) in [6, 6.07) is 10.4. The summed E-state index contributed by atoms with van der Waals surface area (Å²) >= 11 is 0. The molecule has 0 aliphatic rings. The van der Waals surface area contributed by atoms with E-state index in [2.05, 4.69) is 4.98 Å². The van der Waals surface area contributed by atoms with E-state index in [0.29, 0.717) is 11.0 Å². The number of fused-ring (bicyclic) bond motifs is 1. The molecule has 0 saturated heterocycles. The molecule has 0 saturated carbocycles. The first-order valence-corrected chi connectivity index (χ1v) is 9.00. The Balaban J connectivity index is 2.02. The second-order valence-electron chi connectivity index (χ2n) is 7.80. The van der Waals surface area contributed by atoms with Gasteiger partial charge in [-0.05, 0) is 42.2 Å². The van der Waals surface area contributed by atoms with Crippen LogP contribution in [0.15, 0.2) is 48.8 Å². The number of benzene rings is 2. The predicted molar refractivity (Wildman–Crippen MR) is 101 cm³/mol. The number of rotatable bonds is 6. The van der Waals surface area contributed by atoms with E-state index in [1.165, 1.54) is 44.0 Å². The van der Waals surface area contributed by atoms with Crippen LogP contribution in [0.3, 0.4) is 0 Å². The van der Waals surface area contributed by atoms with Crippen LogP contribution in [0, 0.1) is 5.82 Å². The third kappa shape index (κ3) is 4.07. The Bertz CT molecular complexity index is 1010. The minimum atomic E-state index is -4.92. The molecule has 156 valence electrons. The summed E-state index contributed by atoms with van der Waals surface area (Å²) in [5, 5.41) is 10.8. The van der Waals surface area contributed by atoms with Crippen LogP contribution in [0.2, 0.25) is 0 Å². The molecule has 29 heavy (non-hydrogen) atoms. The van der Waals surface area contributed by atoms with Crippen LogP contribution < -0.4 is 4.74 Å². The van der Waals surface area contributed by atoms with E-state index in [9.17, 15) is 22.7 Å². The summed E-state index contributed by atoms with van der Waals surface area (Å²) < 4.78 is 62.3. The largest absolute Gasteiger partial charge is 0.496 e. The average molecular weight is 410 g/mol. The summed E-state index contributed by atoms with van der Waals surface area (Å²) in [6.07, 6.45) is -4.34. The fourth-order valence-electron chi connectivity index (χ4n) is 3.70. The molecule has 0 fully saturated rings. The molecule has 1 atom stereocenters. The second kappa shape index (κ2) is 7.33. The Morgan fingerprint density at radius 1 is 1.10 bits per heavy atom. The molecule has 0 aliphatic heterocycles. The molecule has 3 rings (SSSR count). The lowest BCUT2D eigenvalue weighted by Crippen LogP contribution is -2.52. The highest BCUT2D eigenvalue weighted by Crippen LogP contribution is 2.44. The van der Waals surface area contributed by atoms with E-state index in [1.54, 1.807) is 24.3 Å². The fraction of sp³-hybridized carbons (Fsp3) is 0.381. The van der Waals surface area contributed by atoms with Crippen molar-refractivity contribution in [1.82, 2.24) is 9.55 Å². The first-order chi connectivity index (χ1) is 13.5. The number of imidazole rings is 1. The van der Waals surface area contributed by atoms with Gasteiger partial charge in [0.05, 0.1) is 31.0 Å². The summed E-state index contributed by atoms with van der Waals surface area (Å²) in [5.74, 6) is -0.334. The molecule has 1 unspecified atom stereocenters. The molecular weight excluding hydrogens is 388 g/mol. The Kier molecular flexibility index (Phi) is 5.34. The SMILES string of the molecule is COc1ccc(F)cc1C(C)(C)CC(O)(Cn1cnc2ccccc21)C(F)(F)F. The van der Waals surface area contributed by atoms with Crippen molar-refractivity contribution < 1.29 is 27.4 Å². The lowest BCUT2D eigenvalue weighted by molar-refractivity contribution is -0.271. The highest BCUT2D eigenvalue weighted by atomic mass is 19.4. The van der Waals surface area contributed by atoms with Crippen molar-refractivity contribution in [3.63, 3.8) is 0 Å². The molecule has 1 aromatic heterocycles. The number of aliphatic hydroxyl groups is 1. The molecule has 1 heterocycles. The zero-order valence-corrected chi connectivity index (χ0v) is 16.3. The van der Waals surface area contributed by atoms with E-state index in [0.717, 1.165) is 6.07 Å². The smallest absolute Gasteiger partial charge is 0.418 e. The summed E-state index contributed by atoms with van der Waals surface area (Å²) in [5.41, 5.74) is -3.05. The van der Waals surface area contributed by atoms with E-state index in [1.807, 2.05) is 0 Å². The minimum Gasteiger partial charge on any atom is -0.496 e.